The monoisotopic (exact) mass is 641 g/mol. The van der Waals surface area contributed by atoms with E-state index in [1.165, 1.54) is 107 Å². The van der Waals surface area contributed by atoms with Crippen molar-refractivity contribution in [3.63, 3.8) is 0 Å². The molecule has 2 aromatic rings. The number of esters is 1. The molecule has 1 saturated heterocycles. The van der Waals surface area contributed by atoms with Gasteiger partial charge in [0.05, 0.1) is 0 Å². The summed E-state index contributed by atoms with van der Waals surface area (Å²) in [5, 5.41) is 4.72. The third kappa shape index (κ3) is 16.7. The molecule has 7 heteroatoms. The zero-order valence-electron chi connectivity index (χ0n) is 28.2. The number of benzene rings is 1. The second-order valence-corrected chi connectivity index (χ2v) is 14.5. The van der Waals surface area contributed by atoms with E-state index in [4.69, 9.17) is 9.47 Å². The molecular formula is C38H61N2O4S+. The van der Waals surface area contributed by atoms with Crippen molar-refractivity contribution in [3.8, 4) is 0 Å². The van der Waals surface area contributed by atoms with Gasteiger partial charge in [0.2, 0.25) is 5.52 Å². The molecule has 0 spiro atoms. The SMILES string of the molecule is CCCCCCCCCCCCCCCCCCNC(=O)OCC1CC(COC(=O)CCCC[n+]2cccc3ccccc32)S1. The Bertz CT molecular complexity index is 1070. The number of pyridine rings is 1. The van der Waals surface area contributed by atoms with Gasteiger partial charge >= 0.3 is 12.1 Å². The highest BCUT2D eigenvalue weighted by molar-refractivity contribution is 8.01. The van der Waals surface area contributed by atoms with Crippen LogP contribution in [0.25, 0.3) is 10.9 Å². The molecule has 0 bridgehead atoms. The number of fused-ring (bicyclic) bond motifs is 1. The van der Waals surface area contributed by atoms with E-state index < -0.39 is 0 Å². The number of amides is 1. The van der Waals surface area contributed by atoms with Gasteiger partial charge in [0, 0.05) is 47.4 Å². The minimum atomic E-state index is -0.312. The van der Waals surface area contributed by atoms with Crippen LogP contribution >= 0.6 is 11.8 Å². The Morgan fingerprint density at radius 1 is 0.733 bits per heavy atom. The van der Waals surface area contributed by atoms with E-state index >= 15 is 0 Å². The van der Waals surface area contributed by atoms with Crippen molar-refractivity contribution in [2.45, 2.75) is 152 Å². The van der Waals surface area contributed by atoms with Crippen LogP contribution < -0.4 is 9.88 Å². The molecule has 0 saturated carbocycles. The Hall–Kier alpha value is -2.28. The summed E-state index contributed by atoms with van der Waals surface area (Å²) >= 11 is 1.75. The fraction of sp³-hybridized carbons (Fsp3) is 0.711. The fourth-order valence-corrected chi connectivity index (χ4v) is 7.24. The number of hydrogen-bond acceptors (Lipinski definition) is 5. The highest BCUT2D eigenvalue weighted by Crippen LogP contribution is 2.36. The molecule has 1 aliphatic heterocycles. The molecule has 2 heterocycles. The van der Waals surface area contributed by atoms with Crippen molar-refractivity contribution in [2.24, 2.45) is 0 Å². The first kappa shape index (κ1) is 37.2. The van der Waals surface area contributed by atoms with Gasteiger partial charge in [0.15, 0.2) is 6.20 Å². The number of aromatic nitrogens is 1. The minimum Gasteiger partial charge on any atom is -0.464 e. The van der Waals surface area contributed by atoms with E-state index in [1.807, 2.05) is 0 Å². The van der Waals surface area contributed by atoms with Gasteiger partial charge in [-0.1, -0.05) is 115 Å². The van der Waals surface area contributed by atoms with E-state index in [2.05, 4.69) is 59.4 Å². The van der Waals surface area contributed by atoms with E-state index in [9.17, 15) is 9.59 Å². The molecule has 1 N–H and O–H groups in total. The van der Waals surface area contributed by atoms with Gasteiger partial charge in [-0.05, 0) is 31.4 Å². The number of nitrogens with one attached hydrogen (secondary N) is 1. The summed E-state index contributed by atoms with van der Waals surface area (Å²) in [7, 11) is 0. The molecule has 1 aromatic heterocycles. The van der Waals surface area contributed by atoms with Crippen LogP contribution in [-0.4, -0.2) is 42.3 Å². The molecule has 1 amide bonds. The highest BCUT2D eigenvalue weighted by Gasteiger charge is 2.31. The summed E-state index contributed by atoms with van der Waals surface area (Å²) in [6, 6.07) is 12.6. The predicted octanol–water partition coefficient (Wildman–Crippen LogP) is 9.70. The van der Waals surface area contributed by atoms with Gasteiger partial charge in [0.1, 0.15) is 19.8 Å². The Morgan fingerprint density at radius 2 is 1.29 bits per heavy atom. The first-order valence-electron chi connectivity index (χ1n) is 18.2. The Morgan fingerprint density at radius 3 is 1.93 bits per heavy atom. The summed E-state index contributed by atoms with van der Waals surface area (Å²) in [5.74, 6) is -0.119. The summed E-state index contributed by atoms with van der Waals surface area (Å²) in [6.45, 7) is 4.73. The van der Waals surface area contributed by atoms with Crippen LogP contribution in [-0.2, 0) is 20.8 Å². The largest absolute Gasteiger partial charge is 0.464 e. The molecule has 6 nitrogen and oxygen atoms in total. The van der Waals surface area contributed by atoms with Crippen LogP contribution in [0.2, 0.25) is 0 Å². The van der Waals surface area contributed by atoms with E-state index in [0.29, 0.717) is 36.7 Å². The lowest BCUT2D eigenvalue weighted by atomic mass is 10.0. The van der Waals surface area contributed by atoms with Crippen molar-refractivity contribution in [1.82, 2.24) is 5.32 Å². The lowest BCUT2D eigenvalue weighted by Gasteiger charge is -2.33. The number of alkyl carbamates (subject to hydrolysis) is 1. The first-order valence-corrected chi connectivity index (χ1v) is 19.2. The third-order valence-corrected chi connectivity index (χ3v) is 10.3. The maximum absolute atomic E-state index is 12.2. The summed E-state index contributed by atoms with van der Waals surface area (Å²) in [6.07, 6.45) is 26.5. The number of carbonyl (C=O) groups excluding carboxylic acids is 2. The number of ether oxygens (including phenoxy) is 2. The number of carbonyl (C=O) groups is 2. The second-order valence-electron chi connectivity index (χ2n) is 12.8. The molecular weight excluding hydrogens is 580 g/mol. The highest BCUT2D eigenvalue weighted by atomic mass is 32.2. The normalized spacial score (nSPS) is 15.9. The lowest BCUT2D eigenvalue weighted by Crippen LogP contribution is -2.36. The molecule has 1 fully saturated rings. The zero-order valence-corrected chi connectivity index (χ0v) is 29.0. The van der Waals surface area contributed by atoms with Crippen molar-refractivity contribution in [1.29, 1.82) is 0 Å². The quantitative estimate of drug-likeness (QED) is 0.0629. The van der Waals surface area contributed by atoms with Gasteiger partial charge in [-0.3, -0.25) is 4.79 Å². The zero-order chi connectivity index (χ0) is 31.8. The number of thioether (sulfide) groups is 1. The number of rotatable bonds is 26. The second kappa shape index (κ2) is 24.0. The van der Waals surface area contributed by atoms with Crippen LogP contribution in [0.15, 0.2) is 42.6 Å². The fourth-order valence-electron chi connectivity index (χ4n) is 6.08. The van der Waals surface area contributed by atoms with Crippen LogP contribution in [0, 0.1) is 0 Å². The van der Waals surface area contributed by atoms with Gasteiger partial charge in [0.25, 0.3) is 0 Å². The van der Waals surface area contributed by atoms with Gasteiger partial charge in [-0.15, -0.1) is 11.8 Å². The van der Waals surface area contributed by atoms with Crippen LogP contribution in [0.4, 0.5) is 4.79 Å². The molecule has 1 aliphatic rings. The van der Waals surface area contributed by atoms with E-state index in [-0.39, 0.29) is 12.1 Å². The van der Waals surface area contributed by atoms with Gasteiger partial charge < -0.3 is 14.8 Å². The minimum absolute atomic E-state index is 0.119. The number of para-hydroxylation sites is 1. The Kier molecular flexibility index (Phi) is 19.8. The van der Waals surface area contributed by atoms with E-state index in [0.717, 1.165) is 32.2 Å². The summed E-state index contributed by atoms with van der Waals surface area (Å²) < 4.78 is 13.1. The van der Waals surface area contributed by atoms with Crippen LogP contribution in [0.5, 0.6) is 0 Å². The molecule has 45 heavy (non-hydrogen) atoms. The first-order chi connectivity index (χ1) is 22.2. The lowest BCUT2D eigenvalue weighted by molar-refractivity contribution is -0.671. The molecule has 2 atom stereocenters. The van der Waals surface area contributed by atoms with Crippen molar-refractivity contribution < 1.29 is 23.6 Å². The summed E-state index contributed by atoms with van der Waals surface area (Å²) in [5.41, 5.74) is 1.22. The van der Waals surface area contributed by atoms with E-state index in [1.54, 1.807) is 11.8 Å². The molecule has 252 valence electrons. The Labute approximate surface area is 277 Å². The third-order valence-electron chi connectivity index (χ3n) is 8.86. The Balaban J connectivity index is 1.04. The molecule has 2 unspecified atom stereocenters. The van der Waals surface area contributed by atoms with Crippen molar-refractivity contribution in [2.75, 3.05) is 19.8 Å². The average molecular weight is 642 g/mol. The van der Waals surface area contributed by atoms with Gasteiger partial charge in [-0.25, -0.2) is 4.79 Å². The molecule has 3 rings (SSSR count). The number of aryl methyl sites for hydroxylation is 1. The smallest absolute Gasteiger partial charge is 0.407 e. The molecule has 0 radical (unpaired) electrons. The van der Waals surface area contributed by atoms with Crippen molar-refractivity contribution >= 4 is 34.7 Å². The average Bonchev–Trinajstić information content (AvgIpc) is 3.03. The van der Waals surface area contributed by atoms with Gasteiger partial charge in [-0.2, -0.15) is 4.57 Å². The number of unbranched alkanes of at least 4 members (excludes halogenated alkanes) is 16. The number of hydrogen-bond donors (Lipinski definition) is 1. The van der Waals surface area contributed by atoms with Crippen LogP contribution in [0.3, 0.4) is 0 Å². The summed E-state index contributed by atoms with van der Waals surface area (Å²) in [4.78, 5) is 24.2. The molecule has 0 aliphatic carbocycles. The number of nitrogens with zero attached hydrogens (tertiary/aromatic N) is 1. The maximum Gasteiger partial charge on any atom is 0.407 e. The standard InChI is InChI=1S/C38H60N2O4S/c1-2-3-4-5-6-7-8-9-10-11-12-13-14-15-16-20-27-39-38(42)44-32-35-30-34(45-35)31-43-37(41)26-19-21-28-40-29-22-24-33-23-17-18-25-36(33)40/h17-18,22-25,29,34-35H,2-16,19-21,26-28,30-32H2,1H3/p+1. The maximum atomic E-state index is 12.2. The van der Waals surface area contributed by atoms with Crippen LogP contribution in [0.1, 0.15) is 135 Å². The molecule has 1 aromatic carbocycles. The topological polar surface area (TPSA) is 68.5 Å². The van der Waals surface area contributed by atoms with Crippen molar-refractivity contribution in [3.05, 3.63) is 42.6 Å². The predicted molar refractivity (Wildman–Crippen MR) is 188 cm³/mol.